The summed E-state index contributed by atoms with van der Waals surface area (Å²) in [6, 6.07) is 12.0. The fourth-order valence-corrected chi connectivity index (χ4v) is 3.58. The molecule has 0 radical (unpaired) electrons. The summed E-state index contributed by atoms with van der Waals surface area (Å²) in [5.41, 5.74) is 5.26. The first-order valence-corrected chi connectivity index (χ1v) is 8.28. The quantitative estimate of drug-likeness (QED) is 0.488. The van der Waals surface area contributed by atoms with Crippen LogP contribution in [0.1, 0.15) is 12.6 Å². The fourth-order valence-electron chi connectivity index (χ4n) is 3.26. The molecule has 0 unspecified atom stereocenters. The van der Waals surface area contributed by atoms with E-state index in [1.807, 2.05) is 6.07 Å². The molecular formula is C18H15Cl2N3. The molecule has 116 valence electrons. The smallest absolute Gasteiger partial charge is 0.140 e. The second kappa shape index (κ2) is 5.29. The van der Waals surface area contributed by atoms with Crippen LogP contribution in [0.4, 0.5) is 0 Å². The maximum absolute atomic E-state index is 6.11. The average molecular weight is 344 g/mol. The van der Waals surface area contributed by atoms with Gasteiger partial charge in [0.1, 0.15) is 5.82 Å². The first kappa shape index (κ1) is 14.6. The van der Waals surface area contributed by atoms with Gasteiger partial charge in [0.15, 0.2) is 0 Å². The van der Waals surface area contributed by atoms with Crippen molar-refractivity contribution in [2.24, 2.45) is 0 Å². The Labute approximate surface area is 143 Å². The normalized spacial score (nSPS) is 11.7. The van der Waals surface area contributed by atoms with Crippen LogP contribution in [0.5, 0.6) is 0 Å². The van der Waals surface area contributed by atoms with Gasteiger partial charge >= 0.3 is 0 Å². The number of H-pyrrole nitrogens is 1. The molecule has 23 heavy (non-hydrogen) atoms. The predicted molar refractivity (Wildman–Crippen MR) is 97.5 cm³/mol. The molecule has 0 amide bonds. The number of aryl methyl sites for hydroxylation is 1. The van der Waals surface area contributed by atoms with Crippen molar-refractivity contribution in [3.8, 4) is 11.4 Å². The topological polar surface area (TPSA) is 33.6 Å². The van der Waals surface area contributed by atoms with Crippen LogP contribution in [0.15, 0.2) is 36.4 Å². The first-order chi connectivity index (χ1) is 11.1. The van der Waals surface area contributed by atoms with Crippen molar-refractivity contribution in [3.05, 3.63) is 52.1 Å². The molecule has 0 atom stereocenters. The molecule has 5 heteroatoms. The molecule has 0 aliphatic heterocycles. The number of rotatable bonds is 2. The second-order valence-electron chi connectivity index (χ2n) is 5.59. The Bertz CT molecular complexity index is 1000. The lowest BCUT2D eigenvalue weighted by Crippen LogP contribution is -1.96. The number of benzene rings is 2. The Kier molecular flexibility index (Phi) is 3.36. The second-order valence-corrected chi connectivity index (χ2v) is 6.41. The van der Waals surface area contributed by atoms with Crippen LogP contribution in [0.3, 0.4) is 0 Å². The number of nitrogens with one attached hydrogen (secondary N) is 1. The molecule has 4 rings (SSSR count). The van der Waals surface area contributed by atoms with Gasteiger partial charge < -0.3 is 9.55 Å². The Morgan fingerprint density at radius 2 is 1.87 bits per heavy atom. The van der Waals surface area contributed by atoms with Gasteiger partial charge in [-0.1, -0.05) is 41.4 Å². The highest BCUT2D eigenvalue weighted by Crippen LogP contribution is 2.35. The van der Waals surface area contributed by atoms with E-state index in [4.69, 9.17) is 28.2 Å². The Hall–Kier alpha value is -1.97. The van der Waals surface area contributed by atoms with E-state index in [1.54, 1.807) is 6.07 Å². The number of hydrogen-bond acceptors (Lipinski definition) is 1. The largest absolute Gasteiger partial charge is 0.344 e. The number of para-hydroxylation sites is 1. The van der Waals surface area contributed by atoms with Crippen LogP contribution in [-0.4, -0.2) is 14.5 Å². The highest BCUT2D eigenvalue weighted by molar-refractivity contribution is 6.42. The molecule has 2 heterocycles. The summed E-state index contributed by atoms with van der Waals surface area (Å²) in [5, 5.41) is 2.25. The van der Waals surface area contributed by atoms with Crippen molar-refractivity contribution in [3.63, 3.8) is 0 Å². The lowest BCUT2D eigenvalue weighted by Gasteiger charge is -2.03. The first-order valence-electron chi connectivity index (χ1n) is 7.53. The van der Waals surface area contributed by atoms with Crippen molar-refractivity contribution in [1.29, 1.82) is 0 Å². The third-order valence-electron chi connectivity index (χ3n) is 4.31. The lowest BCUT2D eigenvalue weighted by molar-refractivity contribution is 0.770. The molecular weight excluding hydrogens is 329 g/mol. The predicted octanol–water partition coefficient (Wildman–Crippen LogP) is 5.82. The van der Waals surface area contributed by atoms with E-state index >= 15 is 0 Å². The third-order valence-corrected chi connectivity index (χ3v) is 5.03. The maximum Gasteiger partial charge on any atom is 0.140 e. The van der Waals surface area contributed by atoms with Crippen molar-refractivity contribution in [2.45, 2.75) is 20.4 Å². The molecule has 0 aliphatic rings. The SMILES string of the molecule is CCn1c(C)c(-c2nc3cc(Cl)c(Cl)cc3[nH]2)c2ccccc21. The molecule has 1 N–H and O–H groups in total. The minimum atomic E-state index is 0.518. The molecule has 0 saturated heterocycles. The Morgan fingerprint density at radius 3 is 2.65 bits per heavy atom. The van der Waals surface area contributed by atoms with E-state index in [0.717, 1.165) is 29.0 Å². The highest BCUT2D eigenvalue weighted by Gasteiger charge is 2.17. The van der Waals surface area contributed by atoms with Gasteiger partial charge in [0.05, 0.1) is 21.1 Å². The number of nitrogens with zero attached hydrogens (tertiary/aromatic N) is 2. The molecule has 0 fully saturated rings. The van der Waals surface area contributed by atoms with Crippen LogP contribution >= 0.6 is 23.2 Å². The summed E-state index contributed by atoms with van der Waals surface area (Å²) < 4.78 is 2.30. The number of aromatic nitrogens is 3. The summed E-state index contributed by atoms with van der Waals surface area (Å²) in [4.78, 5) is 8.11. The van der Waals surface area contributed by atoms with E-state index in [9.17, 15) is 0 Å². The minimum Gasteiger partial charge on any atom is -0.344 e. The molecule has 2 aromatic heterocycles. The molecule has 0 spiro atoms. The lowest BCUT2D eigenvalue weighted by atomic mass is 10.1. The number of hydrogen-bond donors (Lipinski definition) is 1. The van der Waals surface area contributed by atoms with Gasteiger partial charge in [-0.15, -0.1) is 0 Å². The molecule has 3 nitrogen and oxygen atoms in total. The summed E-state index contributed by atoms with van der Waals surface area (Å²) in [7, 11) is 0. The zero-order valence-electron chi connectivity index (χ0n) is 12.8. The van der Waals surface area contributed by atoms with Gasteiger partial charge in [-0.25, -0.2) is 4.98 Å². The van der Waals surface area contributed by atoms with E-state index in [1.165, 1.54) is 16.6 Å². The van der Waals surface area contributed by atoms with Crippen LogP contribution in [0, 0.1) is 6.92 Å². The van der Waals surface area contributed by atoms with Crippen molar-refractivity contribution in [1.82, 2.24) is 14.5 Å². The summed E-state index contributed by atoms with van der Waals surface area (Å²) in [5.74, 6) is 0.847. The standard InChI is InChI=1S/C18H15Cl2N3/c1-3-23-10(2)17(11-6-4-5-7-16(11)23)18-21-14-8-12(19)13(20)9-15(14)22-18/h4-9H,3H2,1-2H3,(H,21,22). The van der Waals surface area contributed by atoms with E-state index in [0.29, 0.717) is 10.0 Å². The molecule has 0 aliphatic carbocycles. The Morgan fingerprint density at radius 1 is 1.13 bits per heavy atom. The third kappa shape index (κ3) is 2.15. The van der Waals surface area contributed by atoms with Gasteiger partial charge in [0, 0.05) is 28.7 Å². The zero-order chi connectivity index (χ0) is 16.1. The molecule has 2 aromatic carbocycles. The highest BCUT2D eigenvalue weighted by atomic mass is 35.5. The van der Waals surface area contributed by atoms with Crippen molar-refractivity contribution < 1.29 is 0 Å². The monoisotopic (exact) mass is 343 g/mol. The van der Waals surface area contributed by atoms with Gasteiger partial charge in [-0.3, -0.25) is 0 Å². The maximum atomic E-state index is 6.11. The average Bonchev–Trinajstić information content (AvgIpc) is 3.04. The van der Waals surface area contributed by atoms with Crippen LogP contribution in [0.2, 0.25) is 10.0 Å². The van der Waals surface area contributed by atoms with Gasteiger partial charge in [0.25, 0.3) is 0 Å². The van der Waals surface area contributed by atoms with Crippen LogP contribution in [-0.2, 0) is 6.54 Å². The van der Waals surface area contributed by atoms with Crippen molar-refractivity contribution >= 4 is 45.1 Å². The number of fused-ring (bicyclic) bond motifs is 2. The van der Waals surface area contributed by atoms with Crippen LogP contribution < -0.4 is 0 Å². The molecule has 4 aromatic rings. The summed E-state index contributed by atoms with van der Waals surface area (Å²) >= 11 is 12.2. The zero-order valence-corrected chi connectivity index (χ0v) is 14.3. The van der Waals surface area contributed by atoms with E-state index in [2.05, 4.69) is 47.7 Å². The van der Waals surface area contributed by atoms with E-state index < -0.39 is 0 Å². The fraction of sp³-hybridized carbons (Fsp3) is 0.167. The number of halogens is 2. The van der Waals surface area contributed by atoms with Gasteiger partial charge in [-0.05, 0) is 32.0 Å². The summed E-state index contributed by atoms with van der Waals surface area (Å²) in [6.07, 6.45) is 0. The van der Waals surface area contributed by atoms with Gasteiger partial charge in [-0.2, -0.15) is 0 Å². The number of aromatic amines is 1. The summed E-state index contributed by atoms with van der Waals surface area (Å²) in [6.45, 7) is 5.21. The molecule has 0 saturated carbocycles. The molecule has 0 bridgehead atoms. The van der Waals surface area contributed by atoms with Gasteiger partial charge in [0.2, 0.25) is 0 Å². The number of imidazole rings is 1. The van der Waals surface area contributed by atoms with Crippen LogP contribution in [0.25, 0.3) is 33.3 Å². The minimum absolute atomic E-state index is 0.518. The van der Waals surface area contributed by atoms with E-state index in [-0.39, 0.29) is 0 Å². The Balaban J connectivity index is 2.04. The van der Waals surface area contributed by atoms with Crippen molar-refractivity contribution in [2.75, 3.05) is 0 Å².